The van der Waals surface area contributed by atoms with E-state index in [9.17, 15) is 9.59 Å². The first-order valence-corrected chi connectivity index (χ1v) is 9.21. The molecule has 2 aromatic rings. The van der Waals surface area contributed by atoms with Gasteiger partial charge in [0.25, 0.3) is 11.1 Å². The zero-order valence-corrected chi connectivity index (χ0v) is 15.6. The molecule has 1 aromatic carbocycles. The van der Waals surface area contributed by atoms with Gasteiger partial charge in [0.2, 0.25) is 0 Å². The van der Waals surface area contributed by atoms with Crippen molar-refractivity contribution in [3.05, 3.63) is 63.8 Å². The van der Waals surface area contributed by atoms with Crippen LogP contribution < -0.4 is 0 Å². The highest BCUT2D eigenvalue weighted by Crippen LogP contribution is 2.33. The van der Waals surface area contributed by atoms with Crippen LogP contribution in [-0.2, 0) is 18.3 Å². The molecular formula is C20H22N2O2S. The number of aryl methyl sites for hydroxylation is 2. The minimum absolute atomic E-state index is 0.172. The quantitative estimate of drug-likeness (QED) is 0.751. The normalized spacial score (nSPS) is 16.3. The molecule has 3 rings (SSSR count). The summed E-state index contributed by atoms with van der Waals surface area (Å²) >= 11 is 1.04. The Labute approximate surface area is 152 Å². The molecule has 4 nitrogen and oxygen atoms in total. The second-order valence-electron chi connectivity index (χ2n) is 6.31. The van der Waals surface area contributed by atoms with Gasteiger partial charge in [-0.3, -0.25) is 14.5 Å². The highest BCUT2D eigenvalue weighted by molar-refractivity contribution is 8.18. The van der Waals surface area contributed by atoms with Crippen LogP contribution in [-0.4, -0.2) is 27.2 Å². The van der Waals surface area contributed by atoms with Gasteiger partial charge in [0.15, 0.2) is 0 Å². The van der Waals surface area contributed by atoms with Crippen molar-refractivity contribution in [2.24, 2.45) is 7.05 Å². The molecule has 0 bridgehead atoms. The molecule has 1 fully saturated rings. The van der Waals surface area contributed by atoms with Crippen LogP contribution in [0.4, 0.5) is 4.79 Å². The first-order chi connectivity index (χ1) is 12.0. The fourth-order valence-corrected chi connectivity index (χ4v) is 3.81. The lowest BCUT2D eigenvalue weighted by Gasteiger charge is -2.12. The molecule has 0 N–H and O–H groups in total. The number of benzene rings is 1. The zero-order valence-electron chi connectivity index (χ0n) is 14.8. The molecule has 2 amide bonds. The summed E-state index contributed by atoms with van der Waals surface area (Å²) in [5, 5.41) is -0.172. The van der Waals surface area contributed by atoms with Crippen LogP contribution >= 0.6 is 11.8 Å². The van der Waals surface area contributed by atoms with E-state index in [0.717, 1.165) is 41.6 Å². The molecule has 0 aliphatic carbocycles. The molecule has 25 heavy (non-hydrogen) atoms. The van der Waals surface area contributed by atoms with Crippen molar-refractivity contribution in [1.29, 1.82) is 0 Å². The van der Waals surface area contributed by atoms with Gasteiger partial charge in [0.1, 0.15) is 0 Å². The highest BCUT2D eigenvalue weighted by atomic mass is 32.2. The van der Waals surface area contributed by atoms with Crippen molar-refractivity contribution in [1.82, 2.24) is 9.47 Å². The van der Waals surface area contributed by atoms with E-state index in [1.54, 1.807) is 0 Å². The number of carbonyl (C=O) groups excluding carboxylic acids is 2. The van der Waals surface area contributed by atoms with Crippen molar-refractivity contribution >= 4 is 29.0 Å². The SMILES string of the molecule is Cc1cc(/C=C2/SC(=O)N(CCCc3ccccc3)C2=O)c(C)n1C. The van der Waals surface area contributed by atoms with Crippen LogP contribution in [0.1, 0.15) is 28.9 Å². The van der Waals surface area contributed by atoms with Gasteiger partial charge < -0.3 is 4.57 Å². The fraction of sp³-hybridized carbons (Fsp3) is 0.300. The van der Waals surface area contributed by atoms with Crippen molar-refractivity contribution in [2.75, 3.05) is 6.54 Å². The smallest absolute Gasteiger partial charge is 0.293 e. The molecule has 0 spiro atoms. The van der Waals surface area contributed by atoms with E-state index >= 15 is 0 Å². The van der Waals surface area contributed by atoms with E-state index in [1.807, 2.05) is 51.2 Å². The van der Waals surface area contributed by atoms with E-state index in [0.29, 0.717) is 11.4 Å². The maximum atomic E-state index is 12.6. The number of thioether (sulfide) groups is 1. The standard InChI is InChI=1S/C20H22N2O2S/c1-14-12-17(15(2)21(14)3)13-18-19(23)22(20(24)25-18)11-7-10-16-8-5-4-6-9-16/h4-6,8-9,12-13H,7,10-11H2,1-3H3/b18-13+. The van der Waals surface area contributed by atoms with E-state index in [1.165, 1.54) is 10.5 Å². The number of amides is 2. The Morgan fingerprint density at radius 2 is 1.84 bits per heavy atom. The molecule has 1 saturated heterocycles. The van der Waals surface area contributed by atoms with Gasteiger partial charge >= 0.3 is 0 Å². The Morgan fingerprint density at radius 3 is 2.48 bits per heavy atom. The number of imide groups is 1. The second kappa shape index (κ2) is 7.31. The third-order valence-electron chi connectivity index (χ3n) is 4.66. The van der Waals surface area contributed by atoms with Crippen LogP contribution in [0.5, 0.6) is 0 Å². The Morgan fingerprint density at radius 1 is 1.12 bits per heavy atom. The number of carbonyl (C=O) groups is 2. The summed E-state index contributed by atoms with van der Waals surface area (Å²) < 4.78 is 2.08. The Kier molecular flexibility index (Phi) is 5.13. The van der Waals surface area contributed by atoms with Crippen LogP contribution in [0.2, 0.25) is 0 Å². The molecule has 1 aromatic heterocycles. The lowest BCUT2D eigenvalue weighted by Crippen LogP contribution is -2.29. The van der Waals surface area contributed by atoms with Crippen LogP contribution in [0.3, 0.4) is 0 Å². The third-order valence-corrected chi connectivity index (χ3v) is 5.57. The number of hydrogen-bond donors (Lipinski definition) is 0. The fourth-order valence-electron chi connectivity index (χ4n) is 2.95. The molecule has 0 atom stereocenters. The molecule has 130 valence electrons. The van der Waals surface area contributed by atoms with Crippen LogP contribution in [0.15, 0.2) is 41.3 Å². The van der Waals surface area contributed by atoms with Gasteiger partial charge in [-0.15, -0.1) is 0 Å². The average Bonchev–Trinajstić information content (AvgIpc) is 3.00. The van der Waals surface area contributed by atoms with Gasteiger partial charge in [0, 0.05) is 25.0 Å². The first-order valence-electron chi connectivity index (χ1n) is 8.39. The van der Waals surface area contributed by atoms with E-state index in [-0.39, 0.29) is 11.1 Å². The largest absolute Gasteiger partial charge is 0.352 e. The molecule has 2 heterocycles. The van der Waals surface area contributed by atoms with Gasteiger partial charge in [-0.2, -0.15) is 0 Å². The minimum atomic E-state index is -0.177. The van der Waals surface area contributed by atoms with E-state index in [4.69, 9.17) is 0 Å². The summed E-state index contributed by atoms with van der Waals surface area (Å²) in [6.07, 6.45) is 3.47. The van der Waals surface area contributed by atoms with Crippen molar-refractivity contribution in [3.63, 3.8) is 0 Å². The van der Waals surface area contributed by atoms with Crippen molar-refractivity contribution in [3.8, 4) is 0 Å². The molecule has 1 aliphatic rings. The molecule has 1 aliphatic heterocycles. The number of aromatic nitrogens is 1. The summed E-state index contributed by atoms with van der Waals surface area (Å²) in [5.41, 5.74) is 4.44. The molecule has 0 radical (unpaired) electrons. The van der Waals surface area contributed by atoms with Gasteiger partial charge in [-0.25, -0.2) is 0 Å². The first kappa shape index (κ1) is 17.5. The molecule has 0 saturated carbocycles. The highest BCUT2D eigenvalue weighted by Gasteiger charge is 2.34. The van der Waals surface area contributed by atoms with Crippen molar-refractivity contribution < 1.29 is 9.59 Å². The third kappa shape index (κ3) is 3.71. The maximum absolute atomic E-state index is 12.6. The minimum Gasteiger partial charge on any atom is -0.352 e. The van der Waals surface area contributed by atoms with Gasteiger partial charge in [-0.1, -0.05) is 30.3 Å². The lowest BCUT2D eigenvalue weighted by molar-refractivity contribution is -0.122. The molecule has 0 unspecified atom stereocenters. The summed E-state index contributed by atoms with van der Waals surface area (Å²) in [4.78, 5) is 26.7. The zero-order chi connectivity index (χ0) is 18.0. The molecular weight excluding hydrogens is 332 g/mol. The number of nitrogens with zero attached hydrogens (tertiary/aromatic N) is 2. The van der Waals surface area contributed by atoms with Gasteiger partial charge in [0.05, 0.1) is 4.91 Å². The Balaban J connectivity index is 1.67. The predicted octanol–water partition coefficient (Wildman–Crippen LogP) is 4.31. The lowest BCUT2D eigenvalue weighted by atomic mass is 10.1. The topological polar surface area (TPSA) is 42.3 Å². The van der Waals surface area contributed by atoms with Gasteiger partial charge in [-0.05, 0) is 61.7 Å². The summed E-state index contributed by atoms with van der Waals surface area (Å²) in [6.45, 7) is 4.51. The second-order valence-corrected chi connectivity index (χ2v) is 7.30. The number of rotatable bonds is 5. The Bertz CT molecular complexity index is 837. The van der Waals surface area contributed by atoms with Crippen LogP contribution in [0, 0.1) is 13.8 Å². The number of hydrogen-bond acceptors (Lipinski definition) is 3. The van der Waals surface area contributed by atoms with Crippen molar-refractivity contribution in [2.45, 2.75) is 26.7 Å². The Hall–Kier alpha value is -2.27. The van der Waals surface area contributed by atoms with E-state index < -0.39 is 0 Å². The van der Waals surface area contributed by atoms with Crippen LogP contribution in [0.25, 0.3) is 6.08 Å². The maximum Gasteiger partial charge on any atom is 0.293 e. The summed E-state index contributed by atoms with van der Waals surface area (Å²) in [6, 6.07) is 12.2. The monoisotopic (exact) mass is 354 g/mol. The summed E-state index contributed by atoms with van der Waals surface area (Å²) in [7, 11) is 2.00. The molecule has 5 heteroatoms. The average molecular weight is 354 g/mol. The predicted molar refractivity (Wildman–Crippen MR) is 102 cm³/mol. The summed E-state index contributed by atoms with van der Waals surface area (Å²) in [5.74, 6) is -0.177. The van der Waals surface area contributed by atoms with E-state index in [2.05, 4.69) is 16.7 Å².